The second-order valence-corrected chi connectivity index (χ2v) is 8.66. The van der Waals surface area contributed by atoms with Crippen molar-refractivity contribution in [2.75, 3.05) is 27.4 Å². The topological polar surface area (TPSA) is 125 Å². The van der Waals surface area contributed by atoms with Crippen LogP contribution < -0.4 is 0 Å². The number of carboxylic acid groups (broad SMARTS) is 1. The summed E-state index contributed by atoms with van der Waals surface area (Å²) in [4.78, 5) is 46.3. The molecule has 0 aliphatic carbocycles. The first-order valence-electron chi connectivity index (χ1n) is 11.5. The van der Waals surface area contributed by atoms with Crippen LogP contribution in [0.1, 0.15) is 36.7 Å². The molecule has 0 spiro atoms. The SMILES string of the molecule is C=C(C)C(=O)OCC(C)(COC(=O)C(=C)C)C(=O)O.COC(OC)(C(=O)c1ccccc1)c1ccccc1. The first-order chi connectivity index (χ1) is 17.8. The first-order valence-corrected chi connectivity index (χ1v) is 11.5. The Morgan fingerprint density at radius 2 is 1.16 bits per heavy atom. The monoisotopic (exact) mass is 526 g/mol. The fourth-order valence-corrected chi connectivity index (χ4v) is 2.93. The van der Waals surface area contributed by atoms with Crippen LogP contribution in [0.2, 0.25) is 0 Å². The van der Waals surface area contributed by atoms with Gasteiger partial charge in [0, 0.05) is 36.5 Å². The van der Waals surface area contributed by atoms with Gasteiger partial charge in [0.1, 0.15) is 18.6 Å². The number of hydrogen-bond acceptors (Lipinski definition) is 8. The molecule has 0 saturated carbocycles. The van der Waals surface area contributed by atoms with Gasteiger partial charge in [-0.05, 0) is 20.8 Å². The number of benzene rings is 2. The van der Waals surface area contributed by atoms with Gasteiger partial charge in [0.05, 0.1) is 0 Å². The maximum absolute atomic E-state index is 12.7. The summed E-state index contributed by atoms with van der Waals surface area (Å²) >= 11 is 0. The van der Waals surface area contributed by atoms with E-state index in [1.807, 2.05) is 48.5 Å². The van der Waals surface area contributed by atoms with Crippen molar-refractivity contribution >= 4 is 23.7 Å². The molecule has 204 valence electrons. The van der Waals surface area contributed by atoms with E-state index in [1.165, 1.54) is 35.0 Å². The van der Waals surface area contributed by atoms with Gasteiger partial charge < -0.3 is 24.1 Å². The van der Waals surface area contributed by atoms with E-state index in [-0.39, 0.29) is 16.9 Å². The summed E-state index contributed by atoms with van der Waals surface area (Å²) in [6.07, 6.45) is 0. The van der Waals surface area contributed by atoms with Crippen molar-refractivity contribution in [1.82, 2.24) is 0 Å². The van der Waals surface area contributed by atoms with Crippen molar-refractivity contribution in [3.63, 3.8) is 0 Å². The van der Waals surface area contributed by atoms with Gasteiger partial charge in [-0.3, -0.25) is 9.59 Å². The molecule has 1 N–H and O–H groups in total. The van der Waals surface area contributed by atoms with Crippen molar-refractivity contribution in [1.29, 1.82) is 0 Å². The van der Waals surface area contributed by atoms with E-state index >= 15 is 0 Å². The molecule has 0 aliphatic heterocycles. The van der Waals surface area contributed by atoms with E-state index in [9.17, 15) is 19.2 Å². The van der Waals surface area contributed by atoms with Crippen molar-refractivity contribution in [2.24, 2.45) is 5.41 Å². The molecule has 9 heteroatoms. The third-order valence-electron chi connectivity index (χ3n) is 5.32. The molecule has 0 aliphatic rings. The Labute approximate surface area is 222 Å². The fraction of sp³-hybridized carbons (Fsp3) is 0.310. The standard InChI is InChI=1S/C16H16O3.C13H18O6/c1-18-16(19-2,14-11-7-4-8-12-14)15(17)13-9-5-3-6-10-13;1-8(2)10(14)18-6-13(5,12(16)17)7-19-11(15)9(3)4/h3-12H,1-2H3;1,3,6-7H2,2,4-5H3,(H,16,17). The molecule has 0 fully saturated rings. The molecular formula is C29H34O9. The second kappa shape index (κ2) is 14.6. The molecule has 0 atom stereocenters. The number of hydrogen-bond donors (Lipinski definition) is 1. The lowest BCUT2D eigenvalue weighted by Crippen LogP contribution is -2.39. The second-order valence-electron chi connectivity index (χ2n) is 8.66. The molecular weight excluding hydrogens is 492 g/mol. The molecule has 0 heterocycles. The van der Waals surface area contributed by atoms with Crippen LogP contribution >= 0.6 is 0 Å². The van der Waals surface area contributed by atoms with Gasteiger partial charge in [0.2, 0.25) is 5.78 Å². The normalized spacial score (nSPS) is 10.9. The van der Waals surface area contributed by atoms with E-state index in [0.29, 0.717) is 11.1 Å². The summed E-state index contributed by atoms with van der Waals surface area (Å²) < 4.78 is 20.4. The molecule has 0 unspecified atom stereocenters. The summed E-state index contributed by atoms with van der Waals surface area (Å²) in [5, 5.41) is 9.11. The Bertz CT molecular complexity index is 1100. The molecule has 0 bridgehead atoms. The summed E-state index contributed by atoms with van der Waals surface area (Å²) in [6.45, 7) is 10.1. The maximum atomic E-state index is 12.7. The molecule has 0 amide bonds. The minimum Gasteiger partial charge on any atom is -0.481 e. The summed E-state index contributed by atoms with van der Waals surface area (Å²) in [5.41, 5.74) is 0.0261. The number of Topliss-reactive ketones (excluding diaryl/α,β-unsaturated/α-hetero) is 1. The average molecular weight is 527 g/mol. The lowest BCUT2D eigenvalue weighted by Gasteiger charge is -2.29. The Balaban J connectivity index is 0.000000380. The van der Waals surface area contributed by atoms with Crippen LogP contribution in [0.25, 0.3) is 0 Å². The zero-order chi connectivity index (χ0) is 28.9. The van der Waals surface area contributed by atoms with Crippen LogP contribution in [0.5, 0.6) is 0 Å². The summed E-state index contributed by atoms with van der Waals surface area (Å²) in [5.74, 6) is -4.25. The predicted octanol–water partition coefficient (Wildman–Crippen LogP) is 4.33. The maximum Gasteiger partial charge on any atom is 0.333 e. The Morgan fingerprint density at radius 1 is 0.763 bits per heavy atom. The van der Waals surface area contributed by atoms with Gasteiger partial charge in [-0.1, -0.05) is 73.8 Å². The lowest BCUT2D eigenvalue weighted by molar-refractivity contribution is -0.176. The Hall–Kier alpha value is -4.08. The van der Waals surface area contributed by atoms with Crippen LogP contribution in [0.15, 0.2) is 85.0 Å². The lowest BCUT2D eigenvalue weighted by atomic mass is 9.93. The van der Waals surface area contributed by atoms with Crippen molar-refractivity contribution in [2.45, 2.75) is 26.6 Å². The number of carbonyl (C=O) groups excluding carboxylic acids is 3. The van der Waals surface area contributed by atoms with E-state index < -0.39 is 42.3 Å². The number of aliphatic carboxylic acids is 1. The highest BCUT2D eigenvalue weighted by atomic mass is 16.7. The van der Waals surface area contributed by atoms with Crippen LogP contribution in [0.4, 0.5) is 0 Å². The summed E-state index contributed by atoms with van der Waals surface area (Å²) in [7, 11) is 2.94. The van der Waals surface area contributed by atoms with Gasteiger partial charge in [-0.25, -0.2) is 9.59 Å². The molecule has 9 nitrogen and oxygen atoms in total. The van der Waals surface area contributed by atoms with Gasteiger partial charge in [-0.15, -0.1) is 0 Å². The van der Waals surface area contributed by atoms with Crippen LogP contribution in [-0.4, -0.2) is 56.2 Å². The number of esters is 2. The Morgan fingerprint density at radius 3 is 1.50 bits per heavy atom. The average Bonchev–Trinajstić information content (AvgIpc) is 2.92. The molecule has 0 radical (unpaired) electrons. The van der Waals surface area contributed by atoms with Gasteiger partial charge in [0.25, 0.3) is 5.79 Å². The summed E-state index contributed by atoms with van der Waals surface area (Å²) in [6, 6.07) is 18.2. The van der Waals surface area contributed by atoms with Crippen LogP contribution in [-0.2, 0) is 39.1 Å². The van der Waals surface area contributed by atoms with Crippen LogP contribution in [0, 0.1) is 5.41 Å². The third-order valence-corrected chi connectivity index (χ3v) is 5.32. The smallest absolute Gasteiger partial charge is 0.333 e. The fourth-order valence-electron chi connectivity index (χ4n) is 2.93. The van der Waals surface area contributed by atoms with Crippen molar-refractivity contribution in [3.05, 3.63) is 96.1 Å². The number of carbonyl (C=O) groups is 4. The quantitative estimate of drug-likeness (QED) is 0.186. The number of carboxylic acids is 1. The minimum atomic E-state index is -1.52. The number of methoxy groups -OCH3 is 2. The number of rotatable bonds is 12. The van der Waals surface area contributed by atoms with Crippen molar-refractivity contribution in [3.8, 4) is 0 Å². The predicted molar refractivity (Wildman–Crippen MR) is 140 cm³/mol. The molecule has 2 aromatic rings. The van der Waals surface area contributed by atoms with E-state index in [1.54, 1.807) is 12.1 Å². The van der Waals surface area contributed by atoms with E-state index in [0.717, 1.165) is 0 Å². The van der Waals surface area contributed by atoms with E-state index in [4.69, 9.17) is 24.1 Å². The van der Waals surface area contributed by atoms with E-state index in [2.05, 4.69) is 13.2 Å². The zero-order valence-electron chi connectivity index (χ0n) is 22.3. The molecule has 2 aromatic carbocycles. The molecule has 38 heavy (non-hydrogen) atoms. The largest absolute Gasteiger partial charge is 0.481 e. The van der Waals surface area contributed by atoms with Gasteiger partial charge in [-0.2, -0.15) is 0 Å². The first kappa shape index (κ1) is 31.9. The minimum absolute atomic E-state index is 0.159. The third kappa shape index (κ3) is 8.50. The van der Waals surface area contributed by atoms with Gasteiger partial charge >= 0.3 is 17.9 Å². The molecule has 0 saturated heterocycles. The number of ketones is 1. The van der Waals surface area contributed by atoms with Gasteiger partial charge in [0.15, 0.2) is 0 Å². The highest BCUT2D eigenvalue weighted by Gasteiger charge is 2.41. The number of ether oxygens (including phenoxy) is 4. The highest BCUT2D eigenvalue weighted by Crippen LogP contribution is 2.30. The molecule has 2 rings (SSSR count). The van der Waals surface area contributed by atoms with Crippen LogP contribution in [0.3, 0.4) is 0 Å². The zero-order valence-corrected chi connectivity index (χ0v) is 22.3. The molecule has 0 aromatic heterocycles. The van der Waals surface area contributed by atoms with Crippen molar-refractivity contribution < 1.29 is 43.2 Å². The highest BCUT2D eigenvalue weighted by molar-refractivity contribution is 6.02. The Kier molecular flexibility index (Phi) is 12.3.